The van der Waals surface area contributed by atoms with E-state index in [2.05, 4.69) is 23.2 Å². The van der Waals surface area contributed by atoms with Crippen LogP contribution in [0.3, 0.4) is 0 Å². The third kappa shape index (κ3) is 4.18. The molecule has 3 aromatic rings. The number of amides is 1. The predicted octanol–water partition coefficient (Wildman–Crippen LogP) is 3.73. The Morgan fingerprint density at radius 2 is 1.75 bits per heavy atom. The van der Waals surface area contributed by atoms with Crippen molar-refractivity contribution in [3.8, 4) is 11.3 Å². The molecule has 0 fully saturated rings. The number of hydrogen-bond acceptors (Lipinski definition) is 4. The number of sulfonamides is 1. The molecule has 5 rings (SSSR count). The number of pyridine rings is 1. The third-order valence-electron chi connectivity index (χ3n) is 6.00. The van der Waals surface area contributed by atoms with Gasteiger partial charge in [-0.3, -0.25) is 9.78 Å². The van der Waals surface area contributed by atoms with Crippen LogP contribution in [0.15, 0.2) is 65.7 Å². The largest absolute Gasteiger partial charge is 0.312 e. The summed E-state index contributed by atoms with van der Waals surface area (Å²) in [6.45, 7) is 4.56. The molecule has 1 atom stereocenters. The van der Waals surface area contributed by atoms with Crippen molar-refractivity contribution in [2.75, 3.05) is 11.4 Å². The summed E-state index contributed by atoms with van der Waals surface area (Å²) in [6.07, 6.45) is 3.86. The zero-order valence-corrected chi connectivity index (χ0v) is 19.1. The van der Waals surface area contributed by atoms with Crippen LogP contribution in [0.1, 0.15) is 30.5 Å². The summed E-state index contributed by atoms with van der Waals surface area (Å²) in [6, 6.07) is 16.9. The Morgan fingerprint density at radius 3 is 2.47 bits per heavy atom. The quantitative estimate of drug-likeness (QED) is 0.659. The molecule has 0 saturated heterocycles. The first kappa shape index (κ1) is 22.2. The average Bonchev–Trinajstić information content (AvgIpc) is 3.43. The number of aromatic nitrogens is 1. The highest BCUT2D eigenvalue weighted by molar-refractivity contribution is 7.89. The van der Waals surface area contributed by atoms with E-state index in [9.17, 15) is 13.2 Å². The Balaban J connectivity index is 0.00000119. The van der Waals surface area contributed by atoms with Crippen molar-refractivity contribution in [1.82, 2.24) is 4.98 Å². The molecular weight excluding hydrogens is 422 g/mol. The van der Waals surface area contributed by atoms with Gasteiger partial charge in [-0.1, -0.05) is 38.1 Å². The topological polar surface area (TPSA) is 93.4 Å². The van der Waals surface area contributed by atoms with Gasteiger partial charge in [-0.05, 0) is 66.3 Å². The van der Waals surface area contributed by atoms with Gasteiger partial charge < -0.3 is 4.90 Å². The van der Waals surface area contributed by atoms with Gasteiger partial charge in [-0.15, -0.1) is 0 Å². The molecule has 2 aliphatic rings. The molecule has 7 heteroatoms. The highest BCUT2D eigenvalue weighted by atomic mass is 32.2. The lowest BCUT2D eigenvalue weighted by atomic mass is 10.0. The van der Waals surface area contributed by atoms with Gasteiger partial charge in [-0.2, -0.15) is 0 Å². The number of anilines is 1. The van der Waals surface area contributed by atoms with Gasteiger partial charge in [0.2, 0.25) is 15.9 Å². The summed E-state index contributed by atoms with van der Waals surface area (Å²) in [5.41, 5.74) is 5.96. The monoisotopic (exact) mass is 449 g/mol. The minimum atomic E-state index is -3.81. The average molecular weight is 450 g/mol. The van der Waals surface area contributed by atoms with Crippen molar-refractivity contribution in [2.45, 2.75) is 38.0 Å². The lowest BCUT2D eigenvalue weighted by molar-refractivity contribution is -0.122. The van der Waals surface area contributed by atoms with Crippen LogP contribution in [0, 0.1) is 5.92 Å². The van der Waals surface area contributed by atoms with E-state index in [1.54, 1.807) is 17.2 Å². The summed E-state index contributed by atoms with van der Waals surface area (Å²) in [4.78, 5) is 19.5. The maximum absolute atomic E-state index is 13.3. The normalized spacial score (nSPS) is 16.7. The first-order valence-corrected chi connectivity index (χ1v) is 12.4. The van der Waals surface area contributed by atoms with Crippen molar-refractivity contribution < 1.29 is 13.2 Å². The van der Waals surface area contributed by atoms with Gasteiger partial charge >= 0.3 is 0 Å². The molecule has 2 aromatic carbocycles. The van der Waals surface area contributed by atoms with Gasteiger partial charge in [0.15, 0.2) is 0 Å². The second-order valence-corrected chi connectivity index (χ2v) is 9.44. The maximum Gasteiger partial charge on any atom is 0.238 e. The van der Waals surface area contributed by atoms with Crippen LogP contribution < -0.4 is 10.0 Å². The van der Waals surface area contributed by atoms with Crippen molar-refractivity contribution in [1.29, 1.82) is 0 Å². The van der Waals surface area contributed by atoms with Crippen molar-refractivity contribution in [2.24, 2.45) is 11.1 Å². The van der Waals surface area contributed by atoms with Gasteiger partial charge in [0.25, 0.3) is 0 Å². The second kappa shape index (κ2) is 8.84. The maximum atomic E-state index is 13.3. The molecule has 1 aliphatic carbocycles. The Morgan fingerprint density at radius 1 is 1.00 bits per heavy atom. The Hall–Kier alpha value is -3.03. The Bertz CT molecular complexity index is 1260. The number of carbonyl (C=O) groups is 1. The summed E-state index contributed by atoms with van der Waals surface area (Å²) < 4.78 is 23.5. The molecular formula is C25H27N3O3S. The first-order chi connectivity index (χ1) is 15.4. The third-order valence-corrected chi connectivity index (χ3v) is 6.91. The lowest BCUT2D eigenvalue weighted by Crippen LogP contribution is -2.35. The van der Waals surface area contributed by atoms with Gasteiger partial charge in [0.1, 0.15) is 0 Å². The number of benzene rings is 2. The highest BCUT2D eigenvalue weighted by Gasteiger charge is 2.34. The number of nitrogens with two attached hydrogens (primary N) is 1. The molecule has 0 radical (unpaired) electrons. The number of fused-ring (bicyclic) bond motifs is 2. The summed E-state index contributed by atoms with van der Waals surface area (Å²) in [5, 5.41) is 5.28. The van der Waals surface area contributed by atoms with Crippen LogP contribution in [-0.4, -0.2) is 25.9 Å². The summed E-state index contributed by atoms with van der Waals surface area (Å²) >= 11 is 0. The fourth-order valence-electron chi connectivity index (χ4n) is 4.47. The van der Waals surface area contributed by atoms with Crippen LogP contribution in [-0.2, 0) is 34.1 Å². The van der Waals surface area contributed by atoms with E-state index in [0.29, 0.717) is 25.1 Å². The van der Waals surface area contributed by atoms with E-state index in [1.165, 1.54) is 23.3 Å². The minimum Gasteiger partial charge on any atom is -0.312 e. The molecule has 1 aliphatic heterocycles. The summed E-state index contributed by atoms with van der Waals surface area (Å²) in [7, 11) is -3.81. The SMILES string of the molecule is CC.NS(=O)(=O)c1ccc2c(c1)N(C(=O)C1Cc3ccc(-c4ccccn4)cc3C1)CC2. The molecule has 32 heavy (non-hydrogen) atoms. The van der Waals surface area contributed by atoms with Gasteiger partial charge in [0, 0.05) is 29.9 Å². The molecule has 0 saturated carbocycles. The van der Waals surface area contributed by atoms with E-state index in [1.807, 2.05) is 32.0 Å². The molecule has 2 heterocycles. The van der Waals surface area contributed by atoms with E-state index < -0.39 is 10.0 Å². The molecule has 1 unspecified atom stereocenters. The standard InChI is InChI=1S/C23H21N3O3S.C2H6/c24-30(28,29)20-7-6-15-8-10-26(22(15)14-20)23(27)19-11-16-4-5-17(12-18(16)13-19)21-3-1-2-9-25-21;1-2/h1-7,9,12,14,19H,8,10-11,13H2,(H2,24,28,29);1-2H3. The van der Waals surface area contributed by atoms with Crippen molar-refractivity contribution in [3.05, 3.63) is 77.5 Å². The molecule has 6 nitrogen and oxygen atoms in total. The molecule has 1 aromatic heterocycles. The number of nitrogens with zero attached hydrogens (tertiary/aromatic N) is 2. The fraction of sp³-hybridized carbons (Fsp3) is 0.280. The van der Waals surface area contributed by atoms with Gasteiger partial charge in [-0.25, -0.2) is 13.6 Å². The predicted molar refractivity (Wildman–Crippen MR) is 126 cm³/mol. The molecule has 2 N–H and O–H groups in total. The fourth-order valence-corrected chi connectivity index (χ4v) is 5.00. The highest BCUT2D eigenvalue weighted by Crippen LogP contribution is 2.36. The van der Waals surface area contributed by atoms with Crippen LogP contribution in [0.5, 0.6) is 0 Å². The van der Waals surface area contributed by atoms with Crippen LogP contribution in [0.4, 0.5) is 5.69 Å². The number of carbonyl (C=O) groups excluding carboxylic acids is 1. The molecule has 166 valence electrons. The zero-order valence-electron chi connectivity index (χ0n) is 18.3. The number of rotatable bonds is 3. The zero-order chi connectivity index (χ0) is 22.9. The van der Waals surface area contributed by atoms with Crippen LogP contribution in [0.25, 0.3) is 11.3 Å². The number of primary sulfonamides is 1. The van der Waals surface area contributed by atoms with Crippen molar-refractivity contribution in [3.63, 3.8) is 0 Å². The Kier molecular flexibility index (Phi) is 6.13. The molecule has 0 bridgehead atoms. The Labute approximate surface area is 189 Å². The van der Waals surface area contributed by atoms with Crippen molar-refractivity contribution >= 4 is 21.6 Å². The number of hydrogen-bond donors (Lipinski definition) is 1. The van der Waals surface area contributed by atoms with E-state index in [4.69, 9.17) is 5.14 Å². The summed E-state index contributed by atoms with van der Waals surface area (Å²) in [5.74, 6) is -0.112. The van der Waals surface area contributed by atoms with E-state index in [0.717, 1.165) is 23.2 Å². The molecule has 1 amide bonds. The molecule has 0 spiro atoms. The van der Waals surface area contributed by atoms with Crippen LogP contribution in [0.2, 0.25) is 0 Å². The smallest absolute Gasteiger partial charge is 0.238 e. The lowest BCUT2D eigenvalue weighted by Gasteiger charge is -2.21. The van der Waals surface area contributed by atoms with E-state index in [-0.39, 0.29) is 16.7 Å². The van der Waals surface area contributed by atoms with E-state index >= 15 is 0 Å². The second-order valence-electron chi connectivity index (χ2n) is 7.88. The minimum absolute atomic E-state index is 0.0376. The first-order valence-electron chi connectivity index (χ1n) is 10.9. The van der Waals surface area contributed by atoms with Crippen LogP contribution >= 0.6 is 0 Å². The van der Waals surface area contributed by atoms with Gasteiger partial charge in [0.05, 0.1) is 10.6 Å².